The van der Waals surface area contributed by atoms with Gasteiger partial charge in [-0.25, -0.2) is 0 Å². The van der Waals surface area contributed by atoms with Gasteiger partial charge in [-0.3, -0.25) is 0 Å². The van der Waals surface area contributed by atoms with E-state index in [-0.39, 0.29) is 0 Å². The third-order valence-electron chi connectivity index (χ3n) is 2.38. The smallest absolute Gasteiger partial charge is 0.151 e. The van der Waals surface area contributed by atoms with Gasteiger partial charge >= 0.3 is 0 Å². The standard InChI is InChI=1S/C11H10Cl2NS/c1-7-8(2)15-6-14(7)11-9(12)4-3-5-10(11)13/h3-6H,1-2H3/q+1. The van der Waals surface area contributed by atoms with Crippen molar-refractivity contribution in [3.63, 3.8) is 0 Å². The number of hydrogen-bond acceptors (Lipinski definition) is 1. The van der Waals surface area contributed by atoms with Gasteiger partial charge in [-0.1, -0.05) is 40.6 Å². The van der Waals surface area contributed by atoms with Crippen LogP contribution < -0.4 is 4.57 Å². The molecular weight excluding hydrogens is 249 g/mol. The quantitative estimate of drug-likeness (QED) is 0.683. The number of aryl methyl sites for hydroxylation is 1. The molecule has 0 atom stereocenters. The van der Waals surface area contributed by atoms with Gasteiger partial charge in [0.15, 0.2) is 5.69 Å². The van der Waals surface area contributed by atoms with E-state index in [1.165, 1.54) is 10.6 Å². The summed E-state index contributed by atoms with van der Waals surface area (Å²) in [6.07, 6.45) is 0. The maximum atomic E-state index is 6.14. The van der Waals surface area contributed by atoms with Gasteiger partial charge in [0.1, 0.15) is 10.0 Å². The molecule has 15 heavy (non-hydrogen) atoms. The highest BCUT2D eigenvalue weighted by Gasteiger charge is 2.21. The van der Waals surface area contributed by atoms with E-state index in [1.807, 2.05) is 28.3 Å². The first kappa shape index (κ1) is 10.9. The summed E-state index contributed by atoms with van der Waals surface area (Å²) < 4.78 is 2.03. The van der Waals surface area contributed by atoms with E-state index >= 15 is 0 Å². The Morgan fingerprint density at radius 3 is 2.20 bits per heavy atom. The molecule has 0 radical (unpaired) electrons. The first-order valence-corrected chi connectivity index (χ1v) is 6.15. The molecule has 1 aromatic heterocycles. The Morgan fingerprint density at radius 2 is 1.73 bits per heavy atom. The van der Waals surface area contributed by atoms with Crippen LogP contribution in [0.2, 0.25) is 10.0 Å². The molecule has 1 nitrogen and oxygen atoms in total. The molecule has 0 aliphatic carbocycles. The predicted octanol–water partition coefficient (Wildman–Crippen LogP) is 3.95. The first-order chi connectivity index (χ1) is 7.11. The largest absolute Gasteiger partial charge is 0.249 e. The van der Waals surface area contributed by atoms with E-state index in [2.05, 4.69) is 13.8 Å². The van der Waals surface area contributed by atoms with Gasteiger partial charge in [-0.05, 0) is 19.1 Å². The van der Waals surface area contributed by atoms with Crippen molar-refractivity contribution in [3.8, 4) is 5.69 Å². The predicted molar refractivity (Wildman–Crippen MR) is 65.3 cm³/mol. The fourth-order valence-electron chi connectivity index (χ4n) is 1.41. The Hall–Kier alpha value is -0.570. The van der Waals surface area contributed by atoms with Gasteiger partial charge in [-0.2, -0.15) is 4.57 Å². The van der Waals surface area contributed by atoms with Crippen LogP contribution in [0.4, 0.5) is 0 Å². The lowest BCUT2D eigenvalue weighted by atomic mass is 10.3. The van der Waals surface area contributed by atoms with Gasteiger partial charge in [-0.15, -0.1) is 0 Å². The zero-order valence-electron chi connectivity index (χ0n) is 8.42. The van der Waals surface area contributed by atoms with Crippen molar-refractivity contribution in [1.82, 2.24) is 0 Å². The molecule has 0 aliphatic heterocycles. The topological polar surface area (TPSA) is 3.88 Å². The van der Waals surface area contributed by atoms with E-state index < -0.39 is 0 Å². The van der Waals surface area contributed by atoms with Crippen molar-refractivity contribution >= 4 is 34.5 Å². The van der Waals surface area contributed by atoms with E-state index in [9.17, 15) is 0 Å². The lowest BCUT2D eigenvalue weighted by Gasteiger charge is -1.99. The molecule has 1 heterocycles. The Morgan fingerprint density at radius 1 is 1.13 bits per heavy atom. The summed E-state index contributed by atoms with van der Waals surface area (Å²) in [6, 6.07) is 5.55. The van der Waals surface area contributed by atoms with Crippen LogP contribution in [-0.2, 0) is 0 Å². The van der Waals surface area contributed by atoms with Crippen molar-refractivity contribution in [1.29, 1.82) is 0 Å². The minimum absolute atomic E-state index is 0.674. The average Bonchev–Trinajstić information content (AvgIpc) is 2.49. The summed E-state index contributed by atoms with van der Waals surface area (Å²) in [5.74, 6) is 0. The number of halogens is 2. The van der Waals surface area contributed by atoms with Crippen LogP contribution in [0.25, 0.3) is 5.69 Å². The lowest BCUT2D eigenvalue weighted by Crippen LogP contribution is -2.32. The molecule has 0 saturated carbocycles. The number of thiazole rings is 1. The fourth-order valence-corrected chi connectivity index (χ4v) is 2.78. The number of aromatic nitrogens is 1. The Balaban J connectivity index is 2.69. The van der Waals surface area contributed by atoms with Crippen LogP contribution in [0, 0.1) is 13.8 Å². The Bertz CT molecular complexity index is 485. The van der Waals surface area contributed by atoms with Crippen molar-refractivity contribution in [2.75, 3.05) is 0 Å². The maximum Gasteiger partial charge on any atom is 0.249 e. The molecule has 78 valence electrons. The second kappa shape index (κ2) is 4.12. The number of rotatable bonds is 1. The Labute approximate surface area is 103 Å². The molecule has 0 unspecified atom stereocenters. The monoisotopic (exact) mass is 258 g/mol. The molecule has 0 spiro atoms. The van der Waals surface area contributed by atoms with Crippen molar-refractivity contribution in [2.45, 2.75) is 13.8 Å². The lowest BCUT2D eigenvalue weighted by molar-refractivity contribution is -0.597. The molecule has 4 heteroatoms. The van der Waals surface area contributed by atoms with Crippen LogP contribution in [0.15, 0.2) is 23.7 Å². The second-order valence-corrected chi connectivity index (χ2v) is 5.18. The van der Waals surface area contributed by atoms with Gasteiger partial charge in [0.2, 0.25) is 11.2 Å². The van der Waals surface area contributed by atoms with Gasteiger partial charge in [0.05, 0.1) is 4.88 Å². The van der Waals surface area contributed by atoms with Gasteiger partial charge < -0.3 is 0 Å². The van der Waals surface area contributed by atoms with Crippen molar-refractivity contribution in [3.05, 3.63) is 44.3 Å². The van der Waals surface area contributed by atoms with Gasteiger partial charge in [0.25, 0.3) is 0 Å². The summed E-state index contributed by atoms with van der Waals surface area (Å²) in [5.41, 5.74) is 4.07. The zero-order valence-corrected chi connectivity index (χ0v) is 10.7. The third-order valence-corrected chi connectivity index (χ3v) is 3.96. The van der Waals surface area contributed by atoms with Crippen LogP contribution in [0.5, 0.6) is 0 Å². The summed E-state index contributed by atoms with van der Waals surface area (Å²) >= 11 is 14.0. The van der Waals surface area contributed by atoms with Crippen LogP contribution >= 0.6 is 34.5 Å². The second-order valence-electron chi connectivity index (χ2n) is 3.31. The molecular formula is C11H10Cl2NS+. The van der Waals surface area contributed by atoms with E-state index in [0.717, 1.165) is 5.69 Å². The molecule has 2 aromatic rings. The highest BCUT2D eigenvalue weighted by Crippen LogP contribution is 2.25. The SMILES string of the molecule is Cc1sc[n+](-c2c(Cl)cccc2Cl)c1C. The molecule has 1 aromatic carbocycles. The molecule has 0 saturated heterocycles. The Kier molecular flexibility index (Phi) is 3.01. The normalized spacial score (nSPS) is 10.7. The maximum absolute atomic E-state index is 6.14. The zero-order chi connectivity index (χ0) is 11.0. The summed E-state index contributed by atoms with van der Waals surface area (Å²) in [4.78, 5) is 1.27. The van der Waals surface area contributed by atoms with E-state index in [4.69, 9.17) is 23.2 Å². The first-order valence-electron chi connectivity index (χ1n) is 4.52. The summed E-state index contributed by atoms with van der Waals surface area (Å²) in [5, 5.41) is 1.35. The number of hydrogen-bond donors (Lipinski definition) is 0. The van der Waals surface area contributed by atoms with E-state index in [1.54, 1.807) is 11.3 Å². The number of nitrogens with zero attached hydrogens (tertiary/aromatic N) is 1. The number of para-hydroxylation sites is 1. The number of benzene rings is 1. The molecule has 0 fully saturated rings. The molecule has 2 rings (SSSR count). The van der Waals surface area contributed by atoms with Crippen LogP contribution in [-0.4, -0.2) is 0 Å². The van der Waals surface area contributed by atoms with Gasteiger partial charge in [0, 0.05) is 6.92 Å². The summed E-state index contributed by atoms with van der Waals surface area (Å²) in [6.45, 7) is 4.15. The average molecular weight is 259 g/mol. The molecule has 0 N–H and O–H groups in total. The van der Waals surface area contributed by atoms with Crippen molar-refractivity contribution < 1.29 is 4.57 Å². The van der Waals surface area contributed by atoms with Crippen molar-refractivity contribution in [2.24, 2.45) is 0 Å². The third kappa shape index (κ3) is 1.89. The molecule has 0 bridgehead atoms. The molecule has 0 amide bonds. The highest BCUT2D eigenvalue weighted by atomic mass is 35.5. The molecule has 0 aliphatic rings. The fraction of sp³-hybridized carbons (Fsp3) is 0.182. The minimum atomic E-state index is 0.674. The summed E-state index contributed by atoms with van der Waals surface area (Å²) in [7, 11) is 0. The van der Waals surface area contributed by atoms with Crippen LogP contribution in [0.1, 0.15) is 10.6 Å². The van der Waals surface area contributed by atoms with Crippen LogP contribution in [0.3, 0.4) is 0 Å². The minimum Gasteiger partial charge on any atom is -0.151 e. The van der Waals surface area contributed by atoms with E-state index in [0.29, 0.717) is 10.0 Å². The highest BCUT2D eigenvalue weighted by molar-refractivity contribution is 7.09.